The summed E-state index contributed by atoms with van der Waals surface area (Å²) in [4.78, 5) is 31.5. The summed E-state index contributed by atoms with van der Waals surface area (Å²) in [6, 6.07) is 15.2. The number of aryl methyl sites for hydroxylation is 1. The topological polar surface area (TPSA) is 67.2 Å². The lowest BCUT2D eigenvalue weighted by atomic mass is 10.2. The van der Waals surface area contributed by atoms with Crippen molar-refractivity contribution >= 4 is 38.8 Å². The van der Waals surface area contributed by atoms with Crippen molar-refractivity contribution in [2.45, 2.75) is 33.2 Å². The molecule has 3 aromatic rings. The highest BCUT2D eigenvalue weighted by Crippen LogP contribution is 2.18. The Labute approximate surface area is 185 Å². The zero-order chi connectivity index (χ0) is 21.5. The fraction of sp³-hybridized carbons (Fsp3) is 0.348. The van der Waals surface area contributed by atoms with Crippen LogP contribution in [0.2, 0.25) is 0 Å². The summed E-state index contributed by atoms with van der Waals surface area (Å²) in [5.41, 5.74) is 2.49. The van der Waals surface area contributed by atoms with Gasteiger partial charge in [-0.3, -0.25) is 9.59 Å². The van der Waals surface area contributed by atoms with E-state index in [1.807, 2.05) is 59.7 Å². The van der Waals surface area contributed by atoms with Gasteiger partial charge in [-0.2, -0.15) is 0 Å². The zero-order valence-corrected chi connectivity index (χ0v) is 19.0. The van der Waals surface area contributed by atoms with Crippen molar-refractivity contribution in [2.24, 2.45) is 0 Å². The molecule has 0 fully saturated rings. The van der Waals surface area contributed by atoms with Crippen LogP contribution in [0.5, 0.6) is 0 Å². The Morgan fingerprint density at radius 1 is 1.07 bits per heavy atom. The summed E-state index contributed by atoms with van der Waals surface area (Å²) < 4.78 is 2.95. The number of aromatic nitrogens is 2. The zero-order valence-electron chi connectivity index (χ0n) is 17.4. The lowest BCUT2D eigenvalue weighted by Crippen LogP contribution is -2.33. The highest BCUT2D eigenvalue weighted by molar-refractivity contribution is 9.10. The van der Waals surface area contributed by atoms with Crippen LogP contribution in [-0.2, 0) is 17.8 Å². The van der Waals surface area contributed by atoms with Crippen molar-refractivity contribution in [3.05, 3.63) is 64.4 Å². The highest BCUT2D eigenvalue weighted by atomic mass is 79.9. The van der Waals surface area contributed by atoms with E-state index in [4.69, 9.17) is 4.98 Å². The molecule has 6 nitrogen and oxygen atoms in total. The molecule has 0 aliphatic rings. The number of halogens is 1. The molecule has 2 amide bonds. The molecule has 7 heteroatoms. The van der Waals surface area contributed by atoms with Crippen molar-refractivity contribution in [2.75, 3.05) is 19.6 Å². The first-order valence-electron chi connectivity index (χ1n) is 10.3. The summed E-state index contributed by atoms with van der Waals surface area (Å²) in [5.74, 6) is 0.871. The van der Waals surface area contributed by atoms with Crippen molar-refractivity contribution in [1.82, 2.24) is 19.8 Å². The third-order valence-electron chi connectivity index (χ3n) is 5.11. The molecule has 0 unspecified atom stereocenters. The normalized spacial score (nSPS) is 10.9. The summed E-state index contributed by atoms with van der Waals surface area (Å²) in [6.07, 6.45) is 1.42. The van der Waals surface area contributed by atoms with Crippen LogP contribution in [0.3, 0.4) is 0 Å². The van der Waals surface area contributed by atoms with Gasteiger partial charge in [-0.05, 0) is 56.7 Å². The predicted molar refractivity (Wildman–Crippen MR) is 122 cm³/mol. The minimum Gasteiger partial charge on any atom is -0.352 e. The second-order valence-electron chi connectivity index (χ2n) is 7.04. The van der Waals surface area contributed by atoms with Gasteiger partial charge in [-0.1, -0.05) is 28.1 Å². The van der Waals surface area contributed by atoms with Crippen LogP contribution in [0.1, 0.15) is 36.5 Å². The number of para-hydroxylation sites is 2. The van der Waals surface area contributed by atoms with Crippen LogP contribution < -0.4 is 5.32 Å². The monoisotopic (exact) mass is 470 g/mol. The number of hydrogen-bond donors (Lipinski definition) is 1. The molecule has 0 saturated carbocycles. The lowest BCUT2D eigenvalue weighted by Gasteiger charge is -2.20. The molecule has 0 bridgehead atoms. The Morgan fingerprint density at radius 2 is 1.77 bits per heavy atom. The molecule has 3 rings (SSSR count). The second-order valence-corrected chi connectivity index (χ2v) is 7.95. The van der Waals surface area contributed by atoms with Crippen molar-refractivity contribution in [1.29, 1.82) is 0 Å². The molecular formula is C23H27BrN4O2. The van der Waals surface area contributed by atoms with E-state index in [0.717, 1.165) is 27.8 Å². The molecule has 158 valence electrons. The largest absolute Gasteiger partial charge is 0.352 e. The molecule has 2 aromatic carbocycles. The Bertz CT molecular complexity index is 1010. The lowest BCUT2D eigenvalue weighted by molar-refractivity contribution is -0.131. The number of carbonyl (C=O) groups excluding carboxylic acids is 2. The maximum Gasteiger partial charge on any atom is 0.251 e. The third-order valence-corrected chi connectivity index (χ3v) is 5.64. The standard InChI is InChI=1S/C23H27BrN4O2/c1-3-27(4-2)22(29)16-28-20-9-6-5-8-19(20)26-21(28)10-7-15-25-23(30)17-11-13-18(24)14-12-17/h5-6,8-9,11-14H,3-4,7,10,15-16H2,1-2H3,(H,25,30). The van der Waals surface area contributed by atoms with E-state index in [-0.39, 0.29) is 18.4 Å². The van der Waals surface area contributed by atoms with Gasteiger partial charge in [0.2, 0.25) is 5.91 Å². The molecular weight excluding hydrogens is 444 g/mol. The van der Waals surface area contributed by atoms with Gasteiger partial charge < -0.3 is 14.8 Å². The number of nitrogens with one attached hydrogen (secondary N) is 1. The fourth-order valence-electron chi connectivity index (χ4n) is 3.46. The van der Waals surface area contributed by atoms with Crippen LogP contribution in [0.4, 0.5) is 0 Å². The van der Waals surface area contributed by atoms with Crippen molar-refractivity contribution in [3.8, 4) is 0 Å². The van der Waals surface area contributed by atoms with Gasteiger partial charge in [0.05, 0.1) is 11.0 Å². The highest BCUT2D eigenvalue weighted by Gasteiger charge is 2.16. The summed E-state index contributed by atoms with van der Waals surface area (Å²) in [7, 11) is 0. The fourth-order valence-corrected chi connectivity index (χ4v) is 3.72. The number of benzene rings is 2. The van der Waals surface area contributed by atoms with Crippen LogP contribution in [0.15, 0.2) is 53.0 Å². The smallest absolute Gasteiger partial charge is 0.251 e. The van der Waals surface area contributed by atoms with E-state index in [9.17, 15) is 9.59 Å². The van der Waals surface area contributed by atoms with Gasteiger partial charge >= 0.3 is 0 Å². The van der Waals surface area contributed by atoms with E-state index in [1.165, 1.54) is 0 Å². The van der Waals surface area contributed by atoms with Gasteiger partial charge in [0.25, 0.3) is 5.91 Å². The molecule has 0 saturated heterocycles. The van der Waals surface area contributed by atoms with E-state index >= 15 is 0 Å². The minimum atomic E-state index is -0.0901. The van der Waals surface area contributed by atoms with E-state index in [1.54, 1.807) is 12.1 Å². The predicted octanol–water partition coefficient (Wildman–Crippen LogP) is 4.03. The molecule has 0 radical (unpaired) electrons. The molecule has 1 heterocycles. The van der Waals surface area contributed by atoms with Crippen molar-refractivity contribution < 1.29 is 9.59 Å². The van der Waals surface area contributed by atoms with Gasteiger partial charge in [0.1, 0.15) is 12.4 Å². The molecule has 1 aromatic heterocycles. The van der Waals surface area contributed by atoms with Gasteiger partial charge in [-0.25, -0.2) is 4.98 Å². The van der Waals surface area contributed by atoms with Crippen LogP contribution in [0, 0.1) is 0 Å². The van der Waals surface area contributed by atoms with Crippen LogP contribution in [0.25, 0.3) is 11.0 Å². The summed E-state index contributed by atoms with van der Waals surface area (Å²) in [6.45, 7) is 6.19. The number of hydrogen-bond acceptors (Lipinski definition) is 3. The minimum absolute atomic E-state index is 0.0901. The maximum atomic E-state index is 12.7. The van der Waals surface area contributed by atoms with Gasteiger partial charge in [0, 0.05) is 36.1 Å². The first-order valence-corrected chi connectivity index (χ1v) is 11.1. The van der Waals surface area contributed by atoms with Gasteiger partial charge in [0.15, 0.2) is 0 Å². The molecule has 1 N–H and O–H groups in total. The van der Waals surface area contributed by atoms with E-state index < -0.39 is 0 Å². The van der Waals surface area contributed by atoms with Crippen LogP contribution >= 0.6 is 15.9 Å². The number of fused-ring (bicyclic) bond motifs is 1. The quantitative estimate of drug-likeness (QED) is 0.480. The Morgan fingerprint density at radius 3 is 2.47 bits per heavy atom. The molecule has 30 heavy (non-hydrogen) atoms. The van der Waals surface area contributed by atoms with E-state index in [0.29, 0.717) is 31.6 Å². The summed E-state index contributed by atoms with van der Waals surface area (Å²) >= 11 is 3.37. The first-order chi connectivity index (χ1) is 14.5. The third kappa shape index (κ3) is 5.27. The van der Waals surface area contributed by atoms with E-state index in [2.05, 4.69) is 21.2 Å². The number of amides is 2. The number of rotatable bonds is 9. The Kier molecular flexibility index (Phi) is 7.63. The first kappa shape index (κ1) is 22.0. The Balaban J connectivity index is 1.65. The second kappa shape index (κ2) is 10.4. The molecule has 0 spiro atoms. The maximum absolute atomic E-state index is 12.7. The van der Waals surface area contributed by atoms with Gasteiger partial charge in [-0.15, -0.1) is 0 Å². The number of carbonyl (C=O) groups is 2. The SMILES string of the molecule is CCN(CC)C(=O)Cn1c(CCCNC(=O)c2ccc(Br)cc2)nc2ccccc21. The van der Waals surface area contributed by atoms with Crippen LogP contribution in [-0.4, -0.2) is 45.9 Å². The number of nitrogens with zero attached hydrogens (tertiary/aromatic N) is 3. The molecule has 0 aliphatic heterocycles. The molecule has 0 aliphatic carbocycles. The average molecular weight is 471 g/mol. The van der Waals surface area contributed by atoms with Crippen molar-refractivity contribution in [3.63, 3.8) is 0 Å². The molecule has 0 atom stereocenters. The number of imidazole rings is 1. The number of likely N-dealkylation sites (N-methyl/N-ethyl adjacent to an activating group) is 1. The summed E-state index contributed by atoms with van der Waals surface area (Å²) in [5, 5.41) is 2.95. The average Bonchev–Trinajstić information content (AvgIpc) is 3.10. The Hall–Kier alpha value is -2.67.